The van der Waals surface area contributed by atoms with Crippen LogP contribution in [-0.2, 0) is 6.61 Å². The van der Waals surface area contributed by atoms with Crippen molar-refractivity contribution < 1.29 is 14.1 Å². The van der Waals surface area contributed by atoms with Crippen LogP contribution in [0.1, 0.15) is 46.0 Å². The molecule has 0 fully saturated rings. The van der Waals surface area contributed by atoms with Crippen LogP contribution in [0.3, 0.4) is 0 Å². The maximum Gasteiger partial charge on any atom is 0.251 e. The van der Waals surface area contributed by atoms with Crippen LogP contribution in [0.15, 0.2) is 53.2 Å². The predicted molar refractivity (Wildman–Crippen MR) is 96.9 cm³/mol. The van der Waals surface area contributed by atoms with Gasteiger partial charge < -0.3 is 14.6 Å². The van der Waals surface area contributed by atoms with E-state index < -0.39 is 0 Å². The summed E-state index contributed by atoms with van der Waals surface area (Å²) in [5.74, 6) is 1.18. The third-order valence-electron chi connectivity index (χ3n) is 4.14. The van der Waals surface area contributed by atoms with Crippen molar-refractivity contribution in [3.05, 3.63) is 76.9 Å². The zero-order valence-corrected chi connectivity index (χ0v) is 15.0. The molecule has 1 aromatic carbocycles. The molecule has 1 atom stereocenters. The molecule has 0 radical (unpaired) electrons. The van der Waals surface area contributed by atoms with Crippen molar-refractivity contribution in [2.24, 2.45) is 0 Å². The number of aryl methyl sites for hydroxylation is 2. The number of carbonyl (C=O) groups excluding carboxylic acids is 1. The Hall–Kier alpha value is -3.15. The highest BCUT2D eigenvalue weighted by Gasteiger charge is 2.14. The standard InChI is InChI=1S/C20H21N3O3/c1-13-18(15(3)26-23-13)12-25-17-8-6-7-16(11-17)20(24)22-14(2)19-9-4-5-10-21-19/h4-11,14H,12H2,1-3H3,(H,22,24). The molecule has 1 N–H and O–H groups in total. The second-order valence-corrected chi connectivity index (χ2v) is 6.07. The molecular formula is C20H21N3O3. The average molecular weight is 351 g/mol. The van der Waals surface area contributed by atoms with Gasteiger partial charge in [-0.1, -0.05) is 17.3 Å². The highest BCUT2D eigenvalue weighted by molar-refractivity contribution is 5.94. The van der Waals surface area contributed by atoms with Gasteiger partial charge in [0.1, 0.15) is 18.1 Å². The van der Waals surface area contributed by atoms with Gasteiger partial charge in [-0.15, -0.1) is 0 Å². The van der Waals surface area contributed by atoms with Gasteiger partial charge in [0.25, 0.3) is 5.91 Å². The van der Waals surface area contributed by atoms with E-state index in [4.69, 9.17) is 9.26 Å². The zero-order chi connectivity index (χ0) is 18.5. The van der Waals surface area contributed by atoms with Crippen molar-refractivity contribution in [2.45, 2.75) is 33.4 Å². The van der Waals surface area contributed by atoms with Crippen molar-refractivity contribution in [1.29, 1.82) is 0 Å². The first-order chi connectivity index (χ1) is 12.5. The van der Waals surface area contributed by atoms with E-state index in [0.29, 0.717) is 17.9 Å². The Morgan fingerprint density at radius 2 is 2.08 bits per heavy atom. The highest BCUT2D eigenvalue weighted by Crippen LogP contribution is 2.19. The number of carbonyl (C=O) groups is 1. The number of benzene rings is 1. The van der Waals surface area contributed by atoms with Gasteiger partial charge in [0, 0.05) is 11.8 Å². The smallest absolute Gasteiger partial charge is 0.251 e. The summed E-state index contributed by atoms with van der Waals surface area (Å²) in [7, 11) is 0. The van der Waals surface area contributed by atoms with Crippen LogP contribution < -0.4 is 10.1 Å². The molecule has 2 heterocycles. The third kappa shape index (κ3) is 4.08. The minimum atomic E-state index is -0.185. The Balaban J connectivity index is 1.66. The number of aromatic nitrogens is 2. The van der Waals surface area contributed by atoms with Crippen LogP contribution in [0.2, 0.25) is 0 Å². The molecule has 0 spiro atoms. The quantitative estimate of drug-likeness (QED) is 0.732. The van der Waals surface area contributed by atoms with Crippen LogP contribution in [0, 0.1) is 13.8 Å². The van der Waals surface area contributed by atoms with E-state index in [2.05, 4.69) is 15.5 Å². The van der Waals surface area contributed by atoms with E-state index >= 15 is 0 Å². The van der Waals surface area contributed by atoms with E-state index in [1.807, 2.05) is 45.0 Å². The van der Waals surface area contributed by atoms with Gasteiger partial charge in [-0.3, -0.25) is 9.78 Å². The molecule has 0 aliphatic heterocycles. The molecule has 1 unspecified atom stereocenters. The first-order valence-electron chi connectivity index (χ1n) is 8.41. The summed E-state index contributed by atoms with van der Waals surface area (Å²) in [6, 6.07) is 12.5. The summed E-state index contributed by atoms with van der Waals surface area (Å²) in [6.07, 6.45) is 1.71. The fourth-order valence-corrected chi connectivity index (χ4v) is 2.58. The summed E-state index contributed by atoms with van der Waals surface area (Å²) in [5.41, 5.74) is 3.07. The fourth-order valence-electron chi connectivity index (χ4n) is 2.58. The number of nitrogens with zero attached hydrogens (tertiary/aromatic N) is 2. The molecule has 3 aromatic rings. The monoisotopic (exact) mass is 351 g/mol. The van der Waals surface area contributed by atoms with Gasteiger partial charge in [0.05, 0.1) is 23.0 Å². The van der Waals surface area contributed by atoms with Crippen LogP contribution in [-0.4, -0.2) is 16.0 Å². The lowest BCUT2D eigenvalue weighted by Crippen LogP contribution is -2.27. The molecule has 0 aliphatic carbocycles. The van der Waals surface area contributed by atoms with Gasteiger partial charge in [0.15, 0.2) is 0 Å². The second-order valence-electron chi connectivity index (χ2n) is 6.07. The molecule has 2 aromatic heterocycles. The minimum absolute atomic E-state index is 0.175. The summed E-state index contributed by atoms with van der Waals surface area (Å²) < 4.78 is 10.9. The van der Waals surface area contributed by atoms with Gasteiger partial charge in [0.2, 0.25) is 0 Å². The SMILES string of the molecule is Cc1noc(C)c1COc1cccc(C(=O)NC(C)c2ccccn2)c1. The van der Waals surface area contributed by atoms with Gasteiger partial charge >= 0.3 is 0 Å². The number of ether oxygens (including phenoxy) is 1. The lowest BCUT2D eigenvalue weighted by Gasteiger charge is -2.14. The fraction of sp³-hybridized carbons (Fsp3) is 0.250. The van der Waals surface area contributed by atoms with E-state index in [9.17, 15) is 4.79 Å². The van der Waals surface area contributed by atoms with Crippen LogP contribution in [0.4, 0.5) is 0 Å². The summed E-state index contributed by atoms with van der Waals surface area (Å²) >= 11 is 0. The Labute approximate surface area is 152 Å². The number of hydrogen-bond acceptors (Lipinski definition) is 5. The van der Waals surface area contributed by atoms with E-state index in [1.54, 1.807) is 24.4 Å². The second kappa shape index (κ2) is 7.82. The van der Waals surface area contributed by atoms with Crippen LogP contribution in [0.5, 0.6) is 5.75 Å². The number of nitrogens with one attached hydrogen (secondary N) is 1. The Kier molecular flexibility index (Phi) is 5.31. The zero-order valence-electron chi connectivity index (χ0n) is 15.0. The largest absolute Gasteiger partial charge is 0.489 e. The molecule has 0 bridgehead atoms. The number of pyridine rings is 1. The van der Waals surface area contributed by atoms with Gasteiger partial charge in [-0.2, -0.15) is 0 Å². The summed E-state index contributed by atoms with van der Waals surface area (Å²) in [6.45, 7) is 5.97. The first kappa shape index (κ1) is 17.7. The number of rotatable bonds is 6. The van der Waals surface area contributed by atoms with Crippen LogP contribution >= 0.6 is 0 Å². The van der Waals surface area contributed by atoms with Gasteiger partial charge in [-0.25, -0.2) is 0 Å². The van der Waals surface area contributed by atoms with Crippen LogP contribution in [0.25, 0.3) is 0 Å². The van der Waals surface area contributed by atoms with Crippen molar-refractivity contribution in [1.82, 2.24) is 15.5 Å². The molecule has 26 heavy (non-hydrogen) atoms. The molecule has 6 nitrogen and oxygen atoms in total. The lowest BCUT2D eigenvalue weighted by molar-refractivity contribution is 0.0938. The molecular weight excluding hydrogens is 330 g/mol. The van der Waals surface area contributed by atoms with Crippen molar-refractivity contribution >= 4 is 5.91 Å². The van der Waals surface area contributed by atoms with Gasteiger partial charge in [-0.05, 0) is 51.1 Å². The average Bonchev–Trinajstić information content (AvgIpc) is 2.98. The van der Waals surface area contributed by atoms with Crippen molar-refractivity contribution in [3.63, 3.8) is 0 Å². The number of hydrogen-bond donors (Lipinski definition) is 1. The maximum atomic E-state index is 12.5. The topological polar surface area (TPSA) is 77.2 Å². The third-order valence-corrected chi connectivity index (χ3v) is 4.14. The summed E-state index contributed by atoms with van der Waals surface area (Å²) in [5, 5.41) is 6.86. The highest BCUT2D eigenvalue weighted by atomic mass is 16.5. The molecule has 6 heteroatoms. The molecule has 0 saturated heterocycles. The Bertz CT molecular complexity index is 871. The molecule has 1 amide bonds. The normalized spacial score (nSPS) is 11.8. The first-order valence-corrected chi connectivity index (χ1v) is 8.41. The minimum Gasteiger partial charge on any atom is -0.489 e. The van der Waals surface area contributed by atoms with E-state index in [1.165, 1.54) is 0 Å². The Morgan fingerprint density at radius 1 is 1.23 bits per heavy atom. The predicted octanol–water partition coefficient (Wildman–Crippen LogP) is 3.76. The Morgan fingerprint density at radius 3 is 2.77 bits per heavy atom. The molecule has 0 aliphatic rings. The number of amides is 1. The summed E-state index contributed by atoms with van der Waals surface area (Å²) in [4.78, 5) is 16.8. The lowest BCUT2D eigenvalue weighted by atomic mass is 10.1. The van der Waals surface area contributed by atoms with Crippen molar-refractivity contribution in [2.75, 3.05) is 0 Å². The van der Waals surface area contributed by atoms with Crippen molar-refractivity contribution in [3.8, 4) is 5.75 Å². The molecule has 0 saturated carbocycles. The molecule has 134 valence electrons. The van der Waals surface area contributed by atoms with E-state index in [0.717, 1.165) is 22.7 Å². The maximum absolute atomic E-state index is 12.5. The molecule has 3 rings (SSSR count). The van der Waals surface area contributed by atoms with E-state index in [-0.39, 0.29) is 11.9 Å².